The van der Waals surface area contributed by atoms with E-state index in [1.54, 1.807) is 0 Å². The number of terminal acetylenes is 1. The van der Waals surface area contributed by atoms with Crippen molar-refractivity contribution in [3.8, 4) is 23.8 Å². The Balaban J connectivity index is 3.11. The van der Waals surface area contributed by atoms with Gasteiger partial charge < -0.3 is 15.2 Å². The first-order valence-electron chi connectivity index (χ1n) is 5.25. The van der Waals surface area contributed by atoms with Crippen molar-refractivity contribution in [2.24, 2.45) is 5.73 Å². The highest BCUT2D eigenvalue weighted by Crippen LogP contribution is 2.34. The number of nitrogens with two attached hydrogens (primary N) is 1. The fourth-order valence-electron chi connectivity index (χ4n) is 1.42. The van der Waals surface area contributed by atoms with Gasteiger partial charge in [-0.1, -0.05) is 0 Å². The van der Waals surface area contributed by atoms with Crippen LogP contribution in [0.25, 0.3) is 0 Å². The molecule has 6 nitrogen and oxygen atoms in total. The first-order valence-corrected chi connectivity index (χ1v) is 5.25. The van der Waals surface area contributed by atoms with E-state index in [0.717, 1.165) is 0 Å². The molecular formula is C12H14N2O4. The van der Waals surface area contributed by atoms with E-state index >= 15 is 0 Å². The molecule has 96 valence electrons. The third kappa shape index (κ3) is 3.12. The molecule has 1 aromatic carbocycles. The molecule has 0 saturated carbocycles. The van der Waals surface area contributed by atoms with E-state index in [2.05, 4.69) is 5.92 Å². The van der Waals surface area contributed by atoms with Gasteiger partial charge in [-0.25, -0.2) is 0 Å². The maximum absolute atomic E-state index is 10.9. The highest BCUT2D eigenvalue weighted by atomic mass is 16.6. The summed E-state index contributed by atoms with van der Waals surface area (Å²) < 4.78 is 10.4. The van der Waals surface area contributed by atoms with Crippen LogP contribution in [-0.4, -0.2) is 18.6 Å². The van der Waals surface area contributed by atoms with Gasteiger partial charge in [-0.3, -0.25) is 10.1 Å². The van der Waals surface area contributed by atoms with E-state index < -0.39 is 4.92 Å². The molecule has 0 spiro atoms. The maximum atomic E-state index is 10.9. The Morgan fingerprint density at radius 1 is 1.50 bits per heavy atom. The fraction of sp³-hybridized carbons (Fsp3) is 0.333. The topological polar surface area (TPSA) is 87.6 Å². The van der Waals surface area contributed by atoms with Gasteiger partial charge in [-0.15, -0.1) is 12.3 Å². The zero-order valence-electron chi connectivity index (χ0n) is 10.0. The molecule has 0 heterocycles. The Hall–Kier alpha value is -2.26. The fourth-order valence-corrected chi connectivity index (χ4v) is 1.42. The summed E-state index contributed by atoms with van der Waals surface area (Å²) in [6.45, 7) is 0.323. The van der Waals surface area contributed by atoms with Gasteiger partial charge in [0.05, 0.1) is 24.7 Å². The van der Waals surface area contributed by atoms with Crippen LogP contribution in [0.1, 0.15) is 12.0 Å². The summed E-state index contributed by atoms with van der Waals surface area (Å²) in [5.74, 6) is 3.11. The smallest absolute Gasteiger partial charge is 0.277 e. The molecule has 0 aromatic heterocycles. The van der Waals surface area contributed by atoms with Gasteiger partial charge in [0.1, 0.15) is 0 Å². The monoisotopic (exact) mass is 250 g/mol. The molecule has 0 aliphatic carbocycles. The number of hydrogen-bond donors (Lipinski definition) is 1. The van der Waals surface area contributed by atoms with Crippen molar-refractivity contribution in [1.29, 1.82) is 0 Å². The minimum absolute atomic E-state index is 0.0529. The van der Waals surface area contributed by atoms with Crippen LogP contribution in [-0.2, 0) is 6.54 Å². The standard InChI is InChI=1S/C12H14N2O4/c1-3-4-5-18-12-7-10(14(15)16)9(8-13)6-11(12)17-2/h1,6-7H,4-5,8,13H2,2H3. The van der Waals surface area contributed by atoms with Gasteiger partial charge in [0.25, 0.3) is 5.69 Å². The number of benzene rings is 1. The molecule has 2 N–H and O–H groups in total. The number of nitro benzene ring substituents is 1. The van der Waals surface area contributed by atoms with E-state index in [4.69, 9.17) is 21.6 Å². The average Bonchev–Trinajstić information content (AvgIpc) is 2.38. The zero-order valence-corrected chi connectivity index (χ0v) is 10.0. The second kappa shape index (κ2) is 6.47. The number of rotatable bonds is 6. The quantitative estimate of drug-likeness (QED) is 0.357. The van der Waals surface area contributed by atoms with Gasteiger partial charge in [0.15, 0.2) is 11.5 Å². The van der Waals surface area contributed by atoms with E-state index in [-0.39, 0.29) is 24.6 Å². The summed E-state index contributed by atoms with van der Waals surface area (Å²) in [6.07, 6.45) is 5.51. The minimum atomic E-state index is -0.504. The Bertz CT molecular complexity index is 480. The second-order valence-corrected chi connectivity index (χ2v) is 3.40. The Kier molecular flexibility index (Phi) is 4.96. The summed E-state index contributed by atoms with van der Waals surface area (Å²) >= 11 is 0. The number of ether oxygens (including phenoxy) is 2. The Morgan fingerprint density at radius 3 is 2.72 bits per heavy atom. The third-order valence-electron chi connectivity index (χ3n) is 2.29. The molecular weight excluding hydrogens is 236 g/mol. The van der Waals surface area contributed by atoms with Crippen molar-refractivity contribution in [3.05, 3.63) is 27.8 Å². The lowest BCUT2D eigenvalue weighted by Gasteiger charge is -2.11. The Labute approximate surface area is 105 Å². The van der Waals surface area contributed by atoms with E-state index in [1.165, 1.54) is 19.2 Å². The molecule has 0 amide bonds. The zero-order chi connectivity index (χ0) is 13.5. The van der Waals surface area contributed by atoms with E-state index in [1.807, 2.05) is 0 Å². The maximum Gasteiger partial charge on any atom is 0.277 e. The molecule has 0 atom stereocenters. The first kappa shape index (κ1) is 13.8. The average molecular weight is 250 g/mol. The normalized spacial score (nSPS) is 9.61. The lowest BCUT2D eigenvalue weighted by atomic mass is 10.1. The van der Waals surface area contributed by atoms with Crippen LogP contribution in [0.2, 0.25) is 0 Å². The van der Waals surface area contributed by atoms with Crippen LogP contribution >= 0.6 is 0 Å². The van der Waals surface area contributed by atoms with Gasteiger partial charge >= 0.3 is 0 Å². The largest absolute Gasteiger partial charge is 0.493 e. The van der Waals surface area contributed by atoms with Gasteiger partial charge in [-0.05, 0) is 6.07 Å². The number of methoxy groups -OCH3 is 1. The number of nitro groups is 1. The van der Waals surface area contributed by atoms with Crippen LogP contribution in [0, 0.1) is 22.5 Å². The first-order chi connectivity index (χ1) is 8.63. The van der Waals surface area contributed by atoms with Crippen molar-refractivity contribution >= 4 is 5.69 Å². The van der Waals surface area contributed by atoms with Crippen molar-refractivity contribution in [1.82, 2.24) is 0 Å². The predicted octanol–water partition coefficient (Wildman–Crippen LogP) is 1.46. The van der Waals surface area contributed by atoms with E-state index in [9.17, 15) is 10.1 Å². The summed E-state index contributed by atoms with van der Waals surface area (Å²) in [5.41, 5.74) is 5.76. The van der Waals surface area contributed by atoms with Crippen LogP contribution in [0.3, 0.4) is 0 Å². The molecule has 0 radical (unpaired) electrons. The molecule has 0 bridgehead atoms. The molecule has 0 aliphatic heterocycles. The van der Waals surface area contributed by atoms with Crippen molar-refractivity contribution in [2.45, 2.75) is 13.0 Å². The van der Waals surface area contributed by atoms with Crippen molar-refractivity contribution < 1.29 is 14.4 Å². The molecule has 1 rings (SSSR count). The van der Waals surface area contributed by atoms with Crippen LogP contribution < -0.4 is 15.2 Å². The molecule has 0 aliphatic rings. The summed E-state index contributed by atoms with van der Waals surface area (Å²) in [6, 6.07) is 2.81. The second-order valence-electron chi connectivity index (χ2n) is 3.40. The summed E-state index contributed by atoms with van der Waals surface area (Å²) in [4.78, 5) is 10.4. The highest BCUT2D eigenvalue weighted by molar-refractivity contribution is 5.54. The molecule has 0 unspecified atom stereocenters. The van der Waals surface area contributed by atoms with Crippen molar-refractivity contribution in [2.75, 3.05) is 13.7 Å². The third-order valence-corrected chi connectivity index (χ3v) is 2.29. The predicted molar refractivity (Wildman–Crippen MR) is 66.5 cm³/mol. The lowest BCUT2D eigenvalue weighted by Crippen LogP contribution is -2.05. The lowest BCUT2D eigenvalue weighted by molar-refractivity contribution is -0.385. The number of nitrogens with zero attached hydrogens (tertiary/aromatic N) is 1. The minimum Gasteiger partial charge on any atom is -0.493 e. The molecule has 6 heteroatoms. The van der Waals surface area contributed by atoms with Gasteiger partial charge in [-0.2, -0.15) is 0 Å². The van der Waals surface area contributed by atoms with Gasteiger partial charge in [0.2, 0.25) is 0 Å². The van der Waals surface area contributed by atoms with Crippen LogP contribution in [0.4, 0.5) is 5.69 Å². The highest BCUT2D eigenvalue weighted by Gasteiger charge is 2.18. The molecule has 1 aromatic rings. The van der Waals surface area contributed by atoms with Crippen LogP contribution in [0.15, 0.2) is 12.1 Å². The molecule has 0 saturated heterocycles. The summed E-state index contributed by atoms with van der Waals surface area (Å²) in [5, 5.41) is 10.9. The molecule has 18 heavy (non-hydrogen) atoms. The van der Waals surface area contributed by atoms with E-state index in [0.29, 0.717) is 17.7 Å². The van der Waals surface area contributed by atoms with Crippen LogP contribution in [0.5, 0.6) is 11.5 Å². The Morgan fingerprint density at radius 2 is 2.22 bits per heavy atom. The SMILES string of the molecule is C#CCCOc1cc([N+](=O)[O-])c(CN)cc1OC. The van der Waals surface area contributed by atoms with Gasteiger partial charge in [0, 0.05) is 18.5 Å². The number of hydrogen-bond acceptors (Lipinski definition) is 5. The molecule has 0 fully saturated rings. The summed E-state index contributed by atoms with van der Waals surface area (Å²) in [7, 11) is 1.45. The van der Waals surface area contributed by atoms with Crippen molar-refractivity contribution in [3.63, 3.8) is 0 Å².